The van der Waals surface area contributed by atoms with E-state index in [1.165, 1.54) is 0 Å². The Hall–Kier alpha value is -1.63. The number of amides is 2. The van der Waals surface area contributed by atoms with Crippen LogP contribution in [-0.4, -0.2) is 36.9 Å². The first-order chi connectivity index (χ1) is 6.43. The van der Waals surface area contributed by atoms with E-state index in [2.05, 4.69) is 11.1 Å². The van der Waals surface area contributed by atoms with Crippen molar-refractivity contribution in [1.82, 2.24) is 10.6 Å². The Labute approximate surface area is 80.6 Å². The number of carbonyl (C=O) groups excluding carboxylic acids is 3. The fraction of sp³-hybridized carbons (Fsp3) is 0.571. The lowest BCUT2D eigenvalue weighted by atomic mass is 10.3. The van der Waals surface area contributed by atoms with E-state index < -0.39 is 24.5 Å². The largest absolute Gasteiger partial charge is 0.548 e. The second-order valence-corrected chi connectivity index (χ2v) is 2.77. The van der Waals surface area contributed by atoms with Crippen LogP contribution in [0.2, 0.25) is 0 Å². The third-order valence-electron chi connectivity index (χ3n) is 1.30. The van der Waals surface area contributed by atoms with Gasteiger partial charge in [0.15, 0.2) is 6.04 Å². The molecule has 2 amide bonds. The van der Waals surface area contributed by atoms with Crippen LogP contribution in [0.5, 0.6) is 0 Å². The molecule has 0 rings (SSSR count). The summed E-state index contributed by atoms with van der Waals surface area (Å²) in [5.74, 6) is -2.33. The fourth-order valence-corrected chi connectivity index (χ4v) is 0.575. The molecule has 0 aromatic carbocycles. The van der Waals surface area contributed by atoms with Gasteiger partial charge in [0.25, 0.3) is 5.91 Å². The number of carboxylic acid groups (broad SMARTS) is 1. The number of hydrogen-bond acceptors (Lipinski definition) is 4. The van der Waals surface area contributed by atoms with Crippen molar-refractivity contribution in [2.45, 2.75) is 13.0 Å². The first kappa shape index (κ1) is 12.4. The van der Waals surface area contributed by atoms with Gasteiger partial charge in [0.2, 0.25) is 5.91 Å². The lowest BCUT2D eigenvalue weighted by Gasteiger charge is -2.07. The molecule has 5 N–H and O–H groups in total. The zero-order chi connectivity index (χ0) is 11.1. The number of carbonyl (C=O) groups is 3. The van der Waals surface area contributed by atoms with Gasteiger partial charge in [-0.1, -0.05) is 0 Å². The number of carboxylic acids is 1. The van der Waals surface area contributed by atoms with Crippen molar-refractivity contribution in [3.05, 3.63) is 0 Å². The minimum absolute atomic E-state index is 0.258. The Morgan fingerprint density at radius 1 is 1.29 bits per heavy atom. The summed E-state index contributed by atoms with van der Waals surface area (Å²) in [7, 11) is 0. The Morgan fingerprint density at radius 2 is 1.86 bits per heavy atom. The molecule has 80 valence electrons. The molecular weight excluding hydrogens is 190 g/mol. The minimum atomic E-state index is -1.38. The molecule has 0 spiro atoms. The summed E-state index contributed by atoms with van der Waals surface area (Å²) in [4.78, 5) is 31.7. The van der Waals surface area contributed by atoms with E-state index in [4.69, 9.17) is 0 Å². The zero-order valence-corrected chi connectivity index (χ0v) is 7.83. The topological polar surface area (TPSA) is 126 Å². The van der Waals surface area contributed by atoms with Crippen molar-refractivity contribution in [2.75, 3.05) is 13.1 Å². The van der Waals surface area contributed by atoms with Crippen LogP contribution < -0.4 is 21.5 Å². The zero-order valence-electron chi connectivity index (χ0n) is 7.83. The fourth-order valence-electron chi connectivity index (χ4n) is 0.575. The number of hydrogen-bond donors (Lipinski definition) is 3. The molecule has 0 saturated carbocycles. The van der Waals surface area contributed by atoms with Crippen LogP contribution in [-0.2, 0) is 14.4 Å². The van der Waals surface area contributed by atoms with Crippen LogP contribution in [0.25, 0.3) is 0 Å². The normalized spacial score (nSPS) is 11.6. The van der Waals surface area contributed by atoms with Gasteiger partial charge in [0.05, 0.1) is 19.1 Å². The highest BCUT2D eigenvalue weighted by molar-refractivity contribution is 5.87. The molecule has 0 aliphatic heterocycles. The molecule has 14 heavy (non-hydrogen) atoms. The van der Waals surface area contributed by atoms with Crippen molar-refractivity contribution >= 4 is 17.8 Å². The minimum Gasteiger partial charge on any atom is -0.548 e. The maximum absolute atomic E-state index is 10.9. The summed E-state index contributed by atoms with van der Waals surface area (Å²) in [6.45, 7) is 0.759. The Morgan fingerprint density at radius 3 is 2.29 bits per heavy atom. The van der Waals surface area contributed by atoms with Crippen LogP contribution in [0, 0.1) is 0 Å². The van der Waals surface area contributed by atoms with Gasteiger partial charge in [-0.2, -0.15) is 0 Å². The highest BCUT2D eigenvalue weighted by Crippen LogP contribution is 1.71. The summed E-state index contributed by atoms with van der Waals surface area (Å²) >= 11 is 0. The van der Waals surface area contributed by atoms with Crippen molar-refractivity contribution < 1.29 is 25.2 Å². The van der Waals surface area contributed by atoms with Crippen LogP contribution >= 0.6 is 0 Å². The lowest BCUT2D eigenvalue weighted by molar-refractivity contribution is -0.398. The number of aliphatic carboxylic acids is 1. The summed E-state index contributed by atoms with van der Waals surface area (Å²) in [6, 6.07) is -0.455. The van der Waals surface area contributed by atoms with Gasteiger partial charge in [-0.3, -0.25) is 9.59 Å². The first-order valence-electron chi connectivity index (χ1n) is 4.00. The molecule has 0 aromatic rings. The monoisotopic (exact) mass is 203 g/mol. The van der Waals surface area contributed by atoms with Gasteiger partial charge < -0.3 is 26.3 Å². The molecule has 0 saturated heterocycles. The molecule has 0 aliphatic carbocycles. The second kappa shape index (κ2) is 5.92. The Kier molecular flexibility index (Phi) is 5.23. The second-order valence-electron chi connectivity index (χ2n) is 2.77. The van der Waals surface area contributed by atoms with Crippen molar-refractivity contribution in [2.24, 2.45) is 0 Å². The molecular formula is C7H13N3O4. The van der Waals surface area contributed by atoms with E-state index in [0.29, 0.717) is 0 Å². The van der Waals surface area contributed by atoms with Crippen molar-refractivity contribution in [3.63, 3.8) is 0 Å². The number of quaternary nitrogens is 1. The van der Waals surface area contributed by atoms with E-state index in [1.807, 2.05) is 5.32 Å². The predicted octanol–water partition coefficient (Wildman–Crippen LogP) is -4.40. The standard InChI is InChI=1S/C7H13N3O4/c1-4(8)7(14)10-2-5(11)9-3-6(12)13/h4H,2-3,8H2,1H3,(H,9,11)(H,10,14)(H,12,13)/t4-/m1/s1. The van der Waals surface area contributed by atoms with Gasteiger partial charge in [-0.05, 0) is 6.92 Å². The summed E-state index contributed by atoms with van der Waals surface area (Å²) in [5, 5.41) is 14.2. The molecule has 1 atom stereocenters. The average molecular weight is 203 g/mol. The summed E-state index contributed by atoms with van der Waals surface area (Å²) < 4.78 is 0. The molecule has 0 heterocycles. The van der Waals surface area contributed by atoms with Gasteiger partial charge in [-0.25, -0.2) is 0 Å². The Bertz CT molecular complexity index is 239. The van der Waals surface area contributed by atoms with E-state index in [9.17, 15) is 19.5 Å². The van der Waals surface area contributed by atoms with Crippen LogP contribution in [0.15, 0.2) is 0 Å². The van der Waals surface area contributed by atoms with E-state index in [1.54, 1.807) is 6.92 Å². The molecule has 0 unspecified atom stereocenters. The van der Waals surface area contributed by atoms with E-state index >= 15 is 0 Å². The summed E-state index contributed by atoms with van der Waals surface area (Å²) in [6.07, 6.45) is 0. The summed E-state index contributed by atoms with van der Waals surface area (Å²) in [5.41, 5.74) is 3.44. The molecule has 0 bridgehead atoms. The number of rotatable bonds is 5. The smallest absolute Gasteiger partial charge is 0.278 e. The molecule has 0 fully saturated rings. The van der Waals surface area contributed by atoms with Crippen LogP contribution in [0.4, 0.5) is 0 Å². The maximum atomic E-state index is 10.9. The Balaban J connectivity index is 3.64. The third-order valence-corrected chi connectivity index (χ3v) is 1.30. The van der Waals surface area contributed by atoms with Gasteiger partial charge in [-0.15, -0.1) is 0 Å². The first-order valence-corrected chi connectivity index (χ1v) is 4.00. The van der Waals surface area contributed by atoms with Crippen LogP contribution in [0.1, 0.15) is 6.92 Å². The molecule has 0 aromatic heterocycles. The van der Waals surface area contributed by atoms with Gasteiger partial charge >= 0.3 is 0 Å². The van der Waals surface area contributed by atoms with Crippen LogP contribution in [0.3, 0.4) is 0 Å². The lowest BCUT2D eigenvalue weighted by Crippen LogP contribution is -2.66. The van der Waals surface area contributed by atoms with Crippen molar-refractivity contribution in [3.8, 4) is 0 Å². The third kappa shape index (κ3) is 5.95. The van der Waals surface area contributed by atoms with Gasteiger partial charge in [0, 0.05) is 0 Å². The maximum Gasteiger partial charge on any atom is 0.278 e. The highest BCUT2D eigenvalue weighted by atomic mass is 16.4. The predicted molar refractivity (Wildman–Crippen MR) is 43.4 cm³/mol. The SMILES string of the molecule is C[C@@H]([NH3+])C(=O)NCC(=O)NCC(=O)[O-]. The highest BCUT2D eigenvalue weighted by Gasteiger charge is 2.11. The van der Waals surface area contributed by atoms with Crippen molar-refractivity contribution in [1.29, 1.82) is 0 Å². The number of nitrogens with one attached hydrogen (secondary N) is 2. The molecule has 0 radical (unpaired) electrons. The van der Waals surface area contributed by atoms with Gasteiger partial charge in [0.1, 0.15) is 0 Å². The molecule has 7 heteroatoms. The quantitative estimate of drug-likeness (QED) is 0.417. The van der Waals surface area contributed by atoms with E-state index in [0.717, 1.165) is 0 Å². The molecule has 0 aliphatic rings. The van der Waals surface area contributed by atoms with E-state index in [-0.39, 0.29) is 12.5 Å². The average Bonchev–Trinajstić information content (AvgIpc) is 2.10. The molecule has 7 nitrogen and oxygen atoms in total.